The molecule has 0 saturated carbocycles. The van der Waals surface area contributed by atoms with Crippen molar-refractivity contribution in [3.8, 4) is 0 Å². The molecule has 1 saturated heterocycles. The normalized spacial score (nSPS) is 23.8. The summed E-state index contributed by atoms with van der Waals surface area (Å²) >= 11 is 0. The average molecular weight is 258 g/mol. The van der Waals surface area contributed by atoms with Gasteiger partial charge in [-0.3, -0.25) is 4.79 Å². The van der Waals surface area contributed by atoms with E-state index in [9.17, 15) is 9.90 Å². The molecule has 1 aliphatic heterocycles. The maximum absolute atomic E-state index is 12.3. The van der Waals surface area contributed by atoms with E-state index >= 15 is 0 Å². The van der Waals surface area contributed by atoms with Crippen LogP contribution in [0.1, 0.15) is 33.1 Å². The molecule has 3 N–H and O–H groups in total. The Labute approximate surface area is 109 Å². The van der Waals surface area contributed by atoms with E-state index in [0.717, 1.165) is 19.3 Å². The number of morpholine rings is 1. The fourth-order valence-corrected chi connectivity index (χ4v) is 2.25. The highest BCUT2D eigenvalue weighted by Gasteiger charge is 2.29. The fraction of sp³-hybridized carbons (Fsp3) is 0.923. The zero-order valence-electron chi connectivity index (χ0n) is 11.5. The summed E-state index contributed by atoms with van der Waals surface area (Å²) in [5, 5.41) is 9.25. The molecule has 5 nitrogen and oxygen atoms in total. The molecule has 106 valence electrons. The monoisotopic (exact) mass is 258 g/mol. The first-order valence-corrected chi connectivity index (χ1v) is 6.81. The number of aliphatic hydroxyl groups is 1. The molecule has 0 spiro atoms. The molecule has 3 unspecified atom stereocenters. The lowest BCUT2D eigenvalue weighted by atomic mass is 10.00. The highest BCUT2D eigenvalue weighted by molar-refractivity contribution is 5.78. The Balaban J connectivity index is 2.41. The number of carbonyl (C=O) groups excluding carboxylic acids is 1. The minimum absolute atomic E-state index is 0.00380. The zero-order chi connectivity index (χ0) is 13.5. The fourth-order valence-electron chi connectivity index (χ4n) is 2.25. The molecule has 0 aliphatic carbocycles. The van der Waals surface area contributed by atoms with Gasteiger partial charge in [0, 0.05) is 18.5 Å². The second kappa shape index (κ2) is 7.71. The van der Waals surface area contributed by atoms with Crippen molar-refractivity contribution in [1.82, 2.24) is 4.90 Å². The molecule has 1 fully saturated rings. The van der Waals surface area contributed by atoms with Gasteiger partial charge in [0.1, 0.15) is 0 Å². The van der Waals surface area contributed by atoms with Gasteiger partial charge in [-0.05, 0) is 19.8 Å². The summed E-state index contributed by atoms with van der Waals surface area (Å²) in [5.41, 5.74) is 5.70. The predicted molar refractivity (Wildman–Crippen MR) is 70.1 cm³/mol. The smallest absolute Gasteiger partial charge is 0.225 e. The van der Waals surface area contributed by atoms with Crippen molar-refractivity contribution in [2.45, 2.75) is 45.2 Å². The van der Waals surface area contributed by atoms with Crippen LogP contribution in [0.25, 0.3) is 0 Å². The van der Waals surface area contributed by atoms with Gasteiger partial charge < -0.3 is 20.5 Å². The Hall–Kier alpha value is -0.650. The van der Waals surface area contributed by atoms with Crippen LogP contribution in [0.2, 0.25) is 0 Å². The van der Waals surface area contributed by atoms with Crippen molar-refractivity contribution in [1.29, 1.82) is 0 Å². The standard InChI is InChI=1S/C13H26N2O3/c1-10(4-3-5-11(2)14)13(17)15-6-7-18-9-12(15)8-16/h10-12,16H,3-9,14H2,1-2H3. The Morgan fingerprint density at radius 2 is 2.22 bits per heavy atom. The van der Waals surface area contributed by atoms with Gasteiger partial charge in [-0.2, -0.15) is 0 Å². The number of amides is 1. The molecule has 18 heavy (non-hydrogen) atoms. The van der Waals surface area contributed by atoms with Gasteiger partial charge in [0.2, 0.25) is 5.91 Å². The van der Waals surface area contributed by atoms with Gasteiger partial charge in [0.15, 0.2) is 0 Å². The second-order valence-electron chi connectivity index (χ2n) is 5.25. The van der Waals surface area contributed by atoms with Gasteiger partial charge in [-0.25, -0.2) is 0 Å². The van der Waals surface area contributed by atoms with E-state index in [1.165, 1.54) is 0 Å². The van der Waals surface area contributed by atoms with Crippen LogP contribution in [0.3, 0.4) is 0 Å². The second-order valence-corrected chi connectivity index (χ2v) is 5.25. The minimum atomic E-state index is -0.179. The van der Waals surface area contributed by atoms with Crippen LogP contribution >= 0.6 is 0 Å². The van der Waals surface area contributed by atoms with Gasteiger partial charge in [0.05, 0.1) is 25.9 Å². The molecule has 0 bridgehead atoms. The molecule has 0 aromatic carbocycles. The molecule has 0 radical (unpaired) electrons. The summed E-state index contributed by atoms with van der Waals surface area (Å²) in [6.07, 6.45) is 2.78. The van der Waals surface area contributed by atoms with Gasteiger partial charge in [-0.15, -0.1) is 0 Å². The number of hydrogen-bond donors (Lipinski definition) is 2. The summed E-state index contributed by atoms with van der Waals surface area (Å²) in [6, 6.07) is 0.0167. The Bertz CT molecular complexity index is 259. The lowest BCUT2D eigenvalue weighted by molar-refractivity contribution is -0.145. The number of carbonyl (C=O) groups is 1. The first kappa shape index (κ1) is 15.4. The van der Waals surface area contributed by atoms with E-state index in [0.29, 0.717) is 19.8 Å². The summed E-state index contributed by atoms with van der Waals surface area (Å²) in [5.74, 6) is 0.123. The number of hydrogen-bond acceptors (Lipinski definition) is 4. The maximum atomic E-state index is 12.3. The molecule has 5 heteroatoms. The van der Waals surface area contributed by atoms with Crippen molar-refractivity contribution in [2.24, 2.45) is 11.7 Å². The van der Waals surface area contributed by atoms with Crippen LogP contribution in [0.15, 0.2) is 0 Å². The van der Waals surface area contributed by atoms with Crippen LogP contribution in [0.5, 0.6) is 0 Å². The topological polar surface area (TPSA) is 75.8 Å². The number of ether oxygens (including phenoxy) is 1. The van der Waals surface area contributed by atoms with Crippen molar-refractivity contribution < 1.29 is 14.6 Å². The lowest BCUT2D eigenvalue weighted by Crippen LogP contribution is -2.52. The molecule has 1 aliphatic rings. The van der Waals surface area contributed by atoms with Crippen LogP contribution in [-0.2, 0) is 9.53 Å². The molecule has 0 aromatic rings. The van der Waals surface area contributed by atoms with E-state index in [-0.39, 0.29) is 30.5 Å². The number of nitrogens with two attached hydrogens (primary N) is 1. The number of rotatable bonds is 6. The zero-order valence-corrected chi connectivity index (χ0v) is 11.5. The van der Waals surface area contributed by atoms with Crippen molar-refractivity contribution in [3.63, 3.8) is 0 Å². The highest BCUT2D eigenvalue weighted by atomic mass is 16.5. The third-order valence-corrected chi connectivity index (χ3v) is 3.44. The van der Waals surface area contributed by atoms with Gasteiger partial charge in [-0.1, -0.05) is 13.3 Å². The third-order valence-electron chi connectivity index (χ3n) is 3.44. The molecule has 1 amide bonds. The molecule has 1 heterocycles. The summed E-state index contributed by atoms with van der Waals surface area (Å²) in [6.45, 7) is 5.49. The SMILES string of the molecule is CC(N)CCCC(C)C(=O)N1CCOCC1CO. The van der Waals surface area contributed by atoms with Gasteiger partial charge >= 0.3 is 0 Å². The summed E-state index contributed by atoms with van der Waals surface area (Å²) < 4.78 is 5.28. The first-order valence-electron chi connectivity index (χ1n) is 6.81. The Morgan fingerprint density at radius 3 is 2.83 bits per heavy atom. The Kier molecular flexibility index (Phi) is 6.60. The van der Waals surface area contributed by atoms with Gasteiger partial charge in [0.25, 0.3) is 0 Å². The van der Waals surface area contributed by atoms with E-state index < -0.39 is 0 Å². The maximum Gasteiger partial charge on any atom is 0.225 e. The highest BCUT2D eigenvalue weighted by Crippen LogP contribution is 2.16. The largest absolute Gasteiger partial charge is 0.394 e. The van der Waals surface area contributed by atoms with Crippen LogP contribution < -0.4 is 5.73 Å². The summed E-state index contributed by atoms with van der Waals surface area (Å²) in [7, 11) is 0. The molecule has 3 atom stereocenters. The molecular weight excluding hydrogens is 232 g/mol. The van der Waals surface area contributed by atoms with Crippen molar-refractivity contribution >= 4 is 5.91 Å². The minimum Gasteiger partial charge on any atom is -0.394 e. The predicted octanol–water partition coefficient (Wildman–Crippen LogP) is 0.360. The third kappa shape index (κ3) is 4.55. The lowest BCUT2D eigenvalue weighted by Gasteiger charge is -2.36. The van der Waals surface area contributed by atoms with Crippen LogP contribution in [0, 0.1) is 5.92 Å². The molecule has 0 aromatic heterocycles. The van der Waals surface area contributed by atoms with Crippen LogP contribution in [0.4, 0.5) is 0 Å². The number of nitrogens with zero attached hydrogens (tertiary/aromatic N) is 1. The van der Waals surface area contributed by atoms with E-state index in [1.54, 1.807) is 4.90 Å². The molecule has 1 rings (SSSR count). The average Bonchev–Trinajstić information content (AvgIpc) is 2.37. The number of aliphatic hydroxyl groups excluding tert-OH is 1. The van der Waals surface area contributed by atoms with Crippen molar-refractivity contribution in [2.75, 3.05) is 26.4 Å². The van der Waals surface area contributed by atoms with E-state index in [1.807, 2.05) is 13.8 Å². The van der Waals surface area contributed by atoms with Crippen molar-refractivity contribution in [3.05, 3.63) is 0 Å². The van der Waals surface area contributed by atoms with Crippen LogP contribution in [-0.4, -0.2) is 54.4 Å². The quantitative estimate of drug-likeness (QED) is 0.721. The molecular formula is C13H26N2O3. The first-order chi connectivity index (χ1) is 8.56. The Morgan fingerprint density at radius 1 is 1.50 bits per heavy atom. The summed E-state index contributed by atoms with van der Waals surface area (Å²) in [4.78, 5) is 14.0. The van der Waals surface area contributed by atoms with E-state index in [4.69, 9.17) is 10.5 Å². The van der Waals surface area contributed by atoms with E-state index in [2.05, 4.69) is 0 Å².